The fourth-order valence-corrected chi connectivity index (χ4v) is 1.13. The number of hydrogen-bond donors (Lipinski definition) is 3. The monoisotopic (exact) mass is 212 g/mol. The van der Waals surface area contributed by atoms with Gasteiger partial charge in [-0.15, -0.1) is 0 Å². The molecular formula is C10H12O5. The molecule has 0 bridgehead atoms. The molecule has 1 unspecified atom stereocenters. The van der Waals surface area contributed by atoms with Crippen molar-refractivity contribution in [1.29, 1.82) is 0 Å². The van der Waals surface area contributed by atoms with Crippen LogP contribution in [-0.2, 0) is 16.1 Å². The van der Waals surface area contributed by atoms with Crippen LogP contribution in [0.15, 0.2) is 18.2 Å². The van der Waals surface area contributed by atoms with E-state index < -0.39 is 12.1 Å². The second-order valence-corrected chi connectivity index (χ2v) is 2.97. The molecule has 0 heterocycles. The number of rotatable bonds is 3. The van der Waals surface area contributed by atoms with E-state index in [9.17, 15) is 15.0 Å². The number of ether oxygens (including phenoxy) is 1. The van der Waals surface area contributed by atoms with Gasteiger partial charge in [0.25, 0.3) is 0 Å². The largest absolute Gasteiger partial charge is 0.508 e. The summed E-state index contributed by atoms with van der Waals surface area (Å²) in [5, 5.41) is 27.6. The molecule has 1 aromatic carbocycles. The topological polar surface area (TPSA) is 87.0 Å². The van der Waals surface area contributed by atoms with E-state index >= 15 is 0 Å². The van der Waals surface area contributed by atoms with Gasteiger partial charge in [-0.3, -0.25) is 0 Å². The first-order chi connectivity index (χ1) is 7.10. The summed E-state index contributed by atoms with van der Waals surface area (Å²) in [4.78, 5) is 11.0. The Morgan fingerprint density at radius 3 is 2.67 bits per heavy atom. The molecule has 0 spiro atoms. The first kappa shape index (κ1) is 11.5. The maximum Gasteiger partial charge on any atom is 0.339 e. The van der Waals surface area contributed by atoms with Gasteiger partial charge in [0.2, 0.25) is 0 Å². The maximum absolute atomic E-state index is 11.0. The third-order valence-electron chi connectivity index (χ3n) is 2.02. The molecule has 0 aliphatic carbocycles. The Balaban J connectivity index is 2.97. The van der Waals surface area contributed by atoms with E-state index in [2.05, 4.69) is 4.74 Å². The minimum absolute atomic E-state index is 0.169. The zero-order chi connectivity index (χ0) is 11.4. The van der Waals surface area contributed by atoms with Crippen molar-refractivity contribution in [3.8, 4) is 5.75 Å². The van der Waals surface area contributed by atoms with Gasteiger partial charge in [-0.25, -0.2) is 4.79 Å². The normalized spacial score (nSPS) is 12.2. The van der Waals surface area contributed by atoms with Crippen LogP contribution in [0.1, 0.15) is 17.2 Å². The Bertz CT molecular complexity index is 361. The number of phenols is 1. The quantitative estimate of drug-likeness (QED) is 0.618. The highest BCUT2D eigenvalue weighted by Crippen LogP contribution is 2.23. The highest BCUT2D eigenvalue weighted by atomic mass is 16.5. The lowest BCUT2D eigenvalue weighted by Crippen LogP contribution is -2.13. The summed E-state index contributed by atoms with van der Waals surface area (Å²) in [6.45, 7) is -0.305. The number of carbonyl (C=O) groups excluding carboxylic acids is 1. The minimum Gasteiger partial charge on any atom is -0.508 e. The minimum atomic E-state index is -1.42. The Labute approximate surface area is 86.5 Å². The molecule has 1 atom stereocenters. The third-order valence-corrected chi connectivity index (χ3v) is 2.02. The van der Waals surface area contributed by atoms with Crippen molar-refractivity contribution in [3.05, 3.63) is 29.3 Å². The van der Waals surface area contributed by atoms with Crippen LogP contribution in [0.4, 0.5) is 0 Å². The zero-order valence-corrected chi connectivity index (χ0v) is 8.17. The molecule has 5 heteroatoms. The fourth-order valence-electron chi connectivity index (χ4n) is 1.13. The van der Waals surface area contributed by atoms with Crippen LogP contribution in [0, 0.1) is 0 Å². The van der Waals surface area contributed by atoms with Gasteiger partial charge in [0, 0.05) is 5.56 Å². The molecule has 15 heavy (non-hydrogen) atoms. The molecule has 0 saturated heterocycles. The summed E-state index contributed by atoms with van der Waals surface area (Å²) in [5.41, 5.74) is 0.548. The van der Waals surface area contributed by atoms with Crippen molar-refractivity contribution < 1.29 is 24.9 Å². The van der Waals surface area contributed by atoms with Crippen LogP contribution in [0.5, 0.6) is 5.75 Å². The maximum atomic E-state index is 11.0. The molecule has 0 fully saturated rings. The van der Waals surface area contributed by atoms with Crippen molar-refractivity contribution in [3.63, 3.8) is 0 Å². The summed E-state index contributed by atoms with van der Waals surface area (Å²) in [6.07, 6.45) is -1.42. The van der Waals surface area contributed by atoms with Crippen molar-refractivity contribution in [2.75, 3.05) is 7.11 Å². The molecule has 0 radical (unpaired) electrons. The molecule has 0 amide bonds. The fraction of sp³-hybridized carbons (Fsp3) is 0.300. The second-order valence-electron chi connectivity index (χ2n) is 2.97. The second kappa shape index (κ2) is 4.77. The predicted molar refractivity (Wildman–Crippen MR) is 51.0 cm³/mol. The Morgan fingerprint density at radius 1 is 1.53 bits per heavy atom. The van der Waals surface area contributed by atoms with Gasteiger partial charge >= 0.3 is 5.97 Å². The van der Waals surface area contributed by atoms with Gasteiger partial charge in [-0.1, -0.05) is 12.1 Å². The highest BCUT2D eigenvalue weighted by Gasteiger charge is 2.18. The first-order valence-electron chi connectivity index (χ1n) is 4.28. The summed E-state index contributed by atoms with van der Waals surface area (Å²) in [5.74, 6) is -0.968. The number of aliphatic hydroxyl groups is 2. The van der Waals surface area contributed by atoms with E-state index in [-0.39, 0.29) is 17.9 Å². The van der Waals surface area contributed by atoms with Crippen LogP contribution in [0.3, 0.4) is 0 Å². The summed E-state index contributed by atoms with van der Waals surface area (Å²) in [7, 11) is 1.16. The van der Waals surface area contributed by atoms with Gasteiger partial charge in [-0.2, -0.15) is 0 Å². The van der Waals surface area contributed by atoms with Gasteiger partial charge in [0.1, 0.15) is 5.75 Å². The van der Waals surface area contributed by atoms with E-state index in [0.717, 1.165) is 7.11 Å². The van der Waals surface area contributed by atoms with E-state index in [1.165, 1.54) is 18.2 Å². The molecular weight excluding hydrogens is 200 g/mol. The first-order valence-corrected chi connectivity index (χ1v) is 4.28. The highest BCUT2D eigenvalue weighted by molar-refractivity contribution is 5.76. The van der Waals surface area contributed by atoms with Gasteiger partial charge in [0.15, 0.2) is 6.10 Å². The standard InChI is InChI=1S/C10H12O5/c1-15-10(14)9(13)6-2-3-7(5-11)8(12)4-6/h2-4,9,11-13H,5H2,1H3. The molecule has 3 N–H and O–H groups in total. The van der Waals surface area contributed by atoms with E-state index in [1.54, 1.807) is 0 Å². The van der Waals surface area contributed by atoms with Crippen LogP contribution >= 0.6 is 0 Å². The molecule has 1 rings (SSSR count). The van der Waals surface area contributed by atoms with Crippen LogP contribution in [0.2, 0.25) is 0 Å². The number of esters is 1. The molecule has 1 aromatic rings. The van der Waals surface area contributed by atoms with Crippen LogP contribution in [0.25, 0.3) is 0 Å². The number of aliphatic hydroxyl groups excluding tert-OH is 2. The van der Waals surface area contributed by atoms with Gasteiger partial charge < -0.3 is 20.1 Å². The zero-order valence-electron chi connectivity index (χ0n) is 8.17. The third kappa shape index (κ3) is 2.45. The number of methoxy groups -OCH3 is 1. The summed E-state index contributed by atoms with van der Waals surface area (Å²) >= 11 is 0. The predicted octanol–water partition coefficient (Wildman–Crippen LogP) is 0.0909. The molecule has 0 aliphatic heterocycles. The lowest BCUT2D eigenvalue weighted by molar-refractivity contribution is -0.150. The summed E-state index contributed by atoms with van der Waals surface area (Å²) < 4.78 is 4.34. The number of carbonyl (C=O) groups is 1. The molecule has 0 saturated carbocycles. The number of hydrogen-bond acceptors (Lipinski definition) is 5. The Morgan fingerprint density at radius 2 is 2.20 bits per heavy atom. The average molecular weight is 212 g/mol. The van der Waals surface area contributed by atoms with Crippen LogP contribution in [-0.4, -0.2) is 28.4 Å². The smallest absolute Gasteiger partial charge is 0.339 e. The summed E-state index contributed by atoms with van der Waals surface area (Å²) in [6, 6.07) is 4.08. The number of benzene rings is 1. The lowest BCUT2D eigenvalue weighted by atomic mass is 10.1. The van der Waals surface area contributed by atoms with E-state index in [4.69, 9.17) is 5.11 Å². The van der Waals surface area contributed by atoms with Gasteiger partial charge in [0.05, 0.1) is 13.7 Å². The van der Waals surface area contributed by atoms with Crippen molar-refractivity contribution in [2.45, 2.75) is 12.7 Å². The SMILES string of the molecule is COC(=O)C(O)c1ccc(CO)c(O)c1. The van der Waals surface area contributed by atoms with Crippen molar-refractivity contribution >= 4 is 5.97 Å². The Kier molecular flexibility index (Phi) is 3.65. The average Bonchev–Trinajstić information content (AvgIpc) is 2.26. The number of aromatic hydroxyl groups is 1. The molecule has 0 aliphatic rings. The van der Waals surface area contributed by atoms with Crippen molar-refractivity contribution in [1.82, 2.24) is 0 Å². The van der Waals surface area contributed by atoms with E-state index in [0.29, 0.717) is 5.56 Å². The molecule has 0 aromatic heterocycles. The van der Waals surface area contributed by atoms with Gasteiger partial charge in [-0.05, 0) is 11.6 Å². The Hall–Kier alpha value is -1.59. The molecule has 82 valence electrons. The van der Waals surface area contributed by atoms with Crippen molar-refractivity contribution in [2.24, 2.45) is 0 Å². The van der Waals surface area contributed by atoms with Crippen LogP contribution < -0.4 is 0 Å². The van der Waals surface area contributed by atoms with E-state index in [1.807, 2.05) is 0 Å². The lowest BCUT2D eigenvalue weighted by Gasteiger charge is -2.10. The molecule has 5 nitrogen and oxygen atoms in total.